The van der Waals surface area contributed by atoms with E-state index in [1.165, 1.54) is 14.0 Å². The molecule has 4 aliphatic heterocycles. The van der Waals surface area contributed by atoms with Crippen LogP contribution in [-0.2, 0) is 42.7 Å². The zero-order valence-electron chi connectivity index (χ0n) is 38.4. The Bertz CT molecular complexity index is 1460. The molecule has 0 radical (unpaired) electrons. The minimum Gasteiger partial charge on any atom is -0.459 e. The molecule has 4 aliphatic rings. The Balaban J connectivity index is 1.89. The summed E-state index contributed by atoms with van der Waals surface area (Å²) in [6, 6.07) is -0.161. The molecule has 59 heavy (non-hydrogen) atoms. The molecule has 0 amide bonds. The third-order valence-electron chi connectivity index (χ3n) is 13.5. The van der Waals surface area contributed by atoms with Gasteiger partial charge in [0.1, 0.15) is 23.9 Å². The first-order chi connectivity index (χ1) is 27.5. The highest BCUT2D eigenvalue weighted by atomic mass is 16.7. The van der Waals surface area contributed by atoms with Gasteiger partial charge in [-0.05, 0) is 87.5 Å². The number of esters is 1. The summed E-state index contributed by atoms with van der Waals surface area (Å²) in [5.41, 5.74) is -3.89. The lowest BCUT2D eigenvalue weighted by Gasteiger charge is -2.49. The number of carbonyl (C=O) groups excluding carboxylic acids is 1. The largest absolute Gasteiger partial charge is 0.459 e. The van der Waals surface area contributed by atoms with Gasteiger partial charge in [-0.15, -0.1) is 6.42 Å². The van der Waals surface area contributed by atoms with Crippen LogP contribution < -0.4 is 0 Å². The Morgan fingerprint density at radius 1 is 0.966 bits per heavy atom. The number of methoxy groups -OCH3 is 2. The second-order valence-corrected chi connectivity index (χ2v) is 18.8. The van der Waals surface area contributed by atoms with E-state index in [1.54, 1.807) is 34.8 Å². The predicted octanol–water partition coefficient (Wildman–Crippen LogP) is 3.73. The first-order valence-corrected chi connectivity index (χ1v) is 21.6. The van der Waals surface area contributed by atoms with E-state index < -0.39 is 96.0 Å². The van der Waals surface area contributed by atoms with Crippen molar-refractivity contribution in [3.63, 3.8) is 0 Å². The first kappa shape index (κ1) is 49.6. The van der Waals surface area contributed by atoms with Crippen LogP contribution in [0.3, 0.4) is 0 Å². The Hall–Kier alpha value is -2.10. The second kappa shape index (κ2) is 19.9. The fourth-order valence-corrected chi connectivity index (χ4v) is 9.78. The molecule has 0 aromatic carbocycles. The van der Waals surface area contributed by atoms with Crippen molar-refractivity contribution in [1.29, 1.82) is 0 Å². The van der Waals surface area contributed by atoms with Gasteiger partial charge in [0.15, 0.2) is 18.7 Å². The number of amidine groups is 1. The molecule has 0 spiro atoms. The summed E-state index contributed by atoms with van der Waals surface area (Å²) in [5.74, 6) is 0.409. The number of aliphatic imine (C=N–C) groups is 1. The van der Waals surface area contributed by atoms with Crippen LogP contribution >= 0.6 is 0 Å². The van der Waals surface area contributed by atoms with E-state index in [0.717, 1.165) is 0 Å². The maximum absolute atomic E-state index is 14.5. The average Bonchev–Trinajstić information content (AvgIpc) is 3.48. The number of rotatable bonds is 9. The van der Waals surface area contributed by atoms with Crippen LogP contribution in [0.25, 0.3) is 0 Å². The van der Waals surface area contributed by atoms with Gasteiger partial charge in [-0.25, -0.2) is 4.99 Å². The van der Waals surface area contributed by atoms with Crippen LogP contribution in [0.2, 0.25) is 0 Å². The number of hydrogen-bond donors (Lipinski definition) is 3. The number of cyclic esters (lactones) is 1. The first-order valence-electron chi connectivity index (χ1n) is 21.6. The molecule has 15 nitrogen and oxygen atoms in total. The molecule has 0 aliphatic carbocycles. The summed E-state index contributed by atoms with van der Waals surface area (Å²) in [6.07, 6.45) is -0.815. The molecular weight excluding hydrogens is 762 g/mol. The maximum Gasteiger partial charge on any atom is 0.311 e. The zero-order valence-corrected chi connectivity index (χ0v) is 38.4. The minimum atomic E-state index is -1.84. The number of carbonyl (C=O) groups is 1. The molecule has 0 bridgehead atoms. The van der Waals surface area contributed by atoms with Crippen molar-refractivity contribution in [2.24, 2.45) is 22.7 Å². The van der Waals surface area contributed by atoms with Crippen LogP contribution in [0.4, 0.5) is 0 Å². The van der Waals surface area contributed by atoms with E-state index in [9.17, 15) is 20.1 Å². The monoisotopic (exact) mass is 840 g/mol. The molecule has 15 heteroatoms. The maximum atomic E-state index is 14.5. The second-order valence-electron chi connectivity index (χ2n) is 18.8. The van der Waals surface area contributed by atoms with E-state index in [4.69, 9.17) is 49.3 Å². The third-order valence-corrected chi connectivity index (χ3v) is 13.5. The summed E-state index contributed by atoms with van der Waals surface area (Å²) >= 11 is 0. The van der Waals surface area contributed by atoms with E-state index in [2.05, 4.69) is 17.7 Å². The molecular formula is C44H77N3O12. The molecule has 340 valence electrons. The standard InChI is InChI=1S/C44H77N3O12/c1-17-19-47-23-25(5)21-43(12,53-16)38(59-40-35-31(20-26(6)54-40)46(14)41(58-35)45-24(3)4)27(7)34(57-33-22-42(11,52-15)37(49)30(10)55-33)28(8)39(50)56-32(18-2)44(13,51)36(48)29(47)9/h1,24-38,40,48-49,51H,18-23H2,2-16H3/t25-,26-,27+,28-,29-,30+,31+,32-,33+,34+,35-,36-,37+,38-,40+,42-,43-,44-/m1/s1. The van der Waals surface area contributed by atoms with Crippen molar-refractivity contribution in [2.75, 3.05) is 34.4 Å². The fourth-order valence-electron chi connectivity index (χ4n) is 9.78. The number of fused-ring (bicyclic) bond motifs is 1. The molecule has 0 unspecified atom stereocenters. The van der Waals surface area contributed by atoms with Gasteiger partial charge < -0.3 is 58.1 Å². The highest BCUT2D eigenvalue weighted by molar-refractivity contribution is 5.76. The molecule has 4 heterocycles. The number of terminal acetylenes is 1. The van der Waals surface area contributed by atoms with Crippen molar-refractivity contribution >= 4 is 12.0 Å². The van der Waals surface area contributed by atoms with E-state index in [0.29, 0.717) is 25.4 Å². The Morgan fingerprint density at radius 2 is 1.61 bits per heavy atom. The number of aliphatic hydroxyl groups excluding tert-OH is 2. The van der Waals surface area contributed by atoms with Gasteiger partial charge in [0, 0.05) is 52.2 Å². The number of likely N-dealkylation sites (N-methyl/N-ethyl adjacent to an activating group) is 1. The zero-order chi connectivity index (χ0) is 44.4. The topological polar surface area (TPSA) is 170 Å². The SMILES string of the molecule is C#CCN1C[C@H](C)C[C@@](C)(OC)[C@H](O[C@@H]2O[C@H](C)C[C@H]3[C@H]2OC(=NC(C)C)N3C)[C@@H](C)[C@H](O[C@H]2C[C@@](C)(OC)[C@@H](O)[C@H](C)O2)[C@@H](C)C(=O)O[C@H](CC)[C@@](C)(O)[C@H](O)[C@H]1C. The summed E-state index contributed by atoms with van der Waals surface area (Å²) in [4.78, 5) is 23.3. The van der Waals surface area contributed by atoms with Crippen LogP contribution in [0.15, 0.2) is 4.99 Å². The predicted molar refractivity (Wildman–Crippen MR) is 222 cm³/mol. The van der Waals surface area contributed by atoms with Gasteiger partial charge in [0.25, 0.3) is 6.02 Å². The van der Waals surface area contributed by atoms with Crippen LogP contribution in [0.5, 0.6) is 0 Å². The average molecular weight is 840 g/mol. The van der Waals surface area contributed by atoms with Gasteiger partial charge >= 0.3 is 5.97 Å². The number of aliphatic hydroxyl groups is 3. The van der Waals surface area contributed by atoms with Crippen LogP contribution in [0, 0.1) is 30.1 Å². The van der Waals surface area contributed by atoms with Crippen molar-refractivity contribution < 1.29 is 58.0 Å². The van der Waals surface area contributed by atoms with Gasteiger partial charge in [0.2, 0.25) is 0 Å². The molecule has 0 aromatic heterocycles. The molecule has 18 atom stereocenters. The van der Waals surface area contributed by atoms with Gasteiger partial charge in [0.05, 0.1) is 54.1 Å². The number of ether oxygens (including phenoxy) is 8. The van der Waals surface area contributed by atoms with E-state index in [-0.39, 0.29) is 43.5 Å². The normalized spacial score (nSPS) is 46.5. The molecule has 4 rings (SSSR count). The van der Waals surface area contributed by atoms with Gasteiger partial charge in [-0.2, -0.15) is 0 Å². The van der Waals surface area contributed by atoms with Gasteiger partial charge in [-0.1, -0.05) is 26.7 Å². The Labute approximate surface area is 353 Å². The summed E-state index contributed by atoms with van der Waals surface area (Å²) < 4.78 is 52.1. The van der Waals surface area contributed by atoms with Crippen LogP contribution in [-0.4, -0.2) is 168 Å². The number of hydrogen-bond acceptors (Lipinski definition) is 14. The quantitative estimate of drug-likeness (QED) is 0.227. The Kier molecular flexibility index (Phi) is 16.8. The smallest absolute Gasteiger partial charge is 0.311 e. The van der Waals surface area contributed by atoms with Crippen molar-refractivity contribution in [2.45, 2.75) is 205 Å². The fraction of sp³-hybridized carbons (Fsp3) is 0.909. The third kappa shape index (κ3) is 10.8. The van der Waals surface area contributed by atoms with E-state index in [1.807, 2.05) is 53.5 Å². The lowest BCUT2D eigenvalue weighted by molar-refractivity contribution is -0.315. The summed E-state index contributed by atoms with van der Waals surface area (Å²) in [6.45, 7) is 23.1. The highest BCUT2D eigenvalue weighted by Crippen LogP contribution is 2.42. The molecule has 4 fully saturated rings. The number of nitrogens with zero attached hydrogens (tertiary/aromatic N) is 3. The highest BCUT2D eigenvalue weighted by Gasteiger charge is 2.55. The Morgan fingerprint density at radius 3 is 2.19 bits per heavy atom. The molecule has 0 saturated carbocycles. The molecule has 3 N–H and O–H groups in total. The molecule has 0 aromatic rings. The van der Waals surface area contributed by atoms with E-state index >= 15 is 0 Å². The van der Waals surface area contributed by atoms with Crippen molar-refractivity contribution in [3.8, 4) is 12.3 Å². The molecule has 4 saturated heterocycles. The van der Waals surface area contributed by atoms with Crippen molar-refractivity contribution in [1.82, 2.24) is 9.80 Å². The van der Waals surface area contributed by atoms with Gasteiger partial charge in [-0.3, -0.25) is 9.69 Å². The van der Waals surface area contributed by atoms with Crippen LogP contribution in [0.1, 0.15) is 109 Å². The summed E-state index contributed by atoms with van der Waals surface area (Å²) in [7, 11) is 5.15. The minimum absolute atomic E-state index is 0.00576. The lowest BCUT2D eigenvalue weighted by atomic mass is 9.77. The summed E-state index contributed by atoms with van der Waals surface area (Å²) in [5, 5.41) is 34.8. The van der Waals surface area contributed by atoms with Crippen molar-refractivity contribution in [3.05, 3.63) is 0 Å². The lowest BCUT2D eigenvalue weighted by Crippen LogP contribution is -2.60.